The van der Waals surface area contributed by atoms with E-state index in [1.807, 2.05) is 6.07 Å². The van der Waals surface area contributed by atoms with Crippen molar-refractivity contribution in [2.75, 3.05) is 36.4 Å². The van der Waals surface area contributed by atoms with Crippen molar-refractivity contribution in [1.29, 1.82) is 5.26 Å². The number of halogens is 2. The van der Waals surface area contributed by atoms with Gasteiger partial charge in [-0.15, -0.1) is 0 Å². The number of benzene rings is 2. The number of rotatable bonds is 2. The first kappa shape index (κ1) is 17.4. The van der Waals surface area contributed by atoms with Crippen LogP contribution < -0.4 is 10.2 Å². The van der Waals surface area contributed by atoms with Gasteiger partial charge in [-0.05, 0) is 42.5 Å². The van der Waals surface area contributed by atoms with Gasteiger partial charge in [0.05, 0.1) is 22.3 Å². The van der Waals surface area contributed by atoms with Crippen molar-refractivity contribution < 1.29 is 4.79 Å². The highest BCUT2D eigenvalue weighted by atomic mass is 35.5. The third kappa shape index (κ3) is 4.16. The highest BCUT2D eigenvalue weighted by Gasteiger charge is 2.22. The van der Waals surface area contributed by atoms with E-state index in [1.54, 1.807) is 41.3 Å². The summed E-state index contributed by atoms with van der Waals surface area (Å²) in [5.74, 6) is 0. The van der Waals surface area contributed by atoms with Crippen LogP contribution in [0.25, 0.3) is 0 Å². The Morgan fingerprint density at radius 1 is 1.04 bits per heavy atom. The fourth-order valence-electron chi connectivity index (χ4n) is 2.71. The molecule has 1 heterocycles. The van der Waals surface area contributed by atoms with E-state index in [4.69, 9.17) is 28.5 Å². The minimum Gasteiger partial charge on any atom is -0.367 e. The van der Waals surface area contributed by atoms with Gasteiger partial charge in [0.2, 0.25) is 0 Å². The van der Waals surface area contributed by atoms with Crippen LogP contribution in [0, 0.1) is 11.3 Å². The van der Waals surface area contributed by atoms with Crippen LogP contribution in [-0.2, 0) is 0 Å². The van der Waals surface area contributed by atoms with Gasteiger partial charge in [-0.2, -0.15) is 5.26 Å². The Hall–Kier alpha value is -2.42. The average molecular weight is 375 g/mol. The molecule has 0 bridgehead atoms. The summed E-state index contributed by atoms with van der Waals surface area (Å²) >= 11 is 12.3. The Morgan fingerprint density at radius 3 is 2.36 bits per heavy atom. The van der Waals surface area contributed by atoms with Crippen molar-refractivity contribution in [2.45, 2.75) is 0 Å². The van der Waals surface area contributed by atoms with Crippen LogP contribution >= 0.6 is 23.2 Å². The maximum atomic E-state index is 12.4. The average Bonchev–Trinajstić information content (AvgIpc) is 2.64. The van der Waals surface area contributed by atoms with E-state index in [0.717, 1.165) is 5.69 Å². The molecule has 25 heavy (non-hydrogen) atoms. The number of carbonyl (C=O) groups excluding carboxylic acids is 1. The summed E-state index contributed by atoms with van der Waals surface area (Å²) < 4.78 is 0. The number of nitrogens with one attached hydrogen (secondary N) is 1. The largest absolute Gasteiger partial charge is 0.367 e. The molecule has 0 radical (unpaired) electrons. The van der Waals surface area contributed by atoms with Gasteiger partial charge >= 0.3 is 6.03 Å². The standard InChI is InChI=1S/C18H16Cl2N4O/c19-14-3-6-16(20)17(11-14)23-7-9-24(10-8-23)18(25)22-15-4-1-13(12-21)2-5-15/h1-6,11H,7-10H2,(H,22,25). The number of carbonyl (C=O) groups is 1. The van der Waals surface area contributed by atoms with Gasteiger partial charge in [-0.25, -0.2) is 4.79 Å². The number of hydrogen-bond acceptors (Lipinski definition) is 3. The zero-order valence-corrected chi connectivity index (χ0v) is 14.9. The molecule has 1 N–H and O–H groups in total. The molecule has 2 aromatic carbocycles. The molecule has 5 nitrogen and oxygen atoms in total. The summed E-state index contributed by atoms with van der Waals surface area (Å²) in [6.07, 6.45) is 0. The summed E-state index contributed by atoms with van der Waals surface area (Å²) in [6, 6.07) is 14.1. The van der Waals surface area contributed by atoms with Crippen molar-refractivity contribution in [2.24, 2.45) is 0 Å². The smallest absolute Gasteiger partial charge is 0.321 e. The third-order valence-electron chi connectivity index (χ3n) is 4.08. The molecule has 3 rings (SSSR count). The van der Waals surface area contributed by atoms with Crippen LogP contribution in [0.4, 0.5) is 16.2 Å². The molecule has 1 aliphatic heterocycles. The minimum absolute atomic E-state index is 0.151. The Labute approximate surface area is 156 Å². The van der Waals surface area contributed by atoms with Crippen molar-refractivity contribution in [3.05, 3.63) is 58.1 Å². The Balaban J connectivity index is 1.59. The first-order chi connectivity index (χ1) is 12.1. The number of nitrogens with zero attached hydrogens (tertiary/aromatic N) is 3. The minimum atomic E-state index is -0.151. The van der Waals surface area contributed by atoms with Crippen LogP contribution in [0.3, 0.4) is 0 Å². The zero-order chi connectivity index (χ0) is 17.8. The molecule has 128 valence electrons. The van der Waals surface area contributed by atoms with Crippen LogP contribution in [0.5, 0.6) is 0 Å². The molecular weight excluding hydrogens is 359 g/mol. The van der Waals surface area contributed by atoms with Crippen LogP contribution in [0.15, 0.2) is 42.5 Å². The van der Waals surface area contributed by atoms with Gasteiger partial charge in [0.1, 0.15) is 0 Å². The second kappa shape index (κ2) is 7.64. The maximum Gasteiger partial charge on any atom is 0.321 e. The van der Waals surface area contributed by atoms with Crippen LogP contribution in [0.1, 0.15) is 5.56 Å². The molecular formula is C18H16Cl2N4O. The lowest BCUT2D eigenvalue weighted by Gasteiger charge is -2.36. The first-order valence-electron chi connectivity index (χ1n) is 7.83. The van der Waals surface area contributed by atoms with Gasteiger partial charge in [-0.3, -0.25) is 0 Å². The number of piperazine rings is 1. The molecule has 1 aliphatic rings. The summed E-state index contributed by atoms with van der Waals surface area (Å²) in [7, 11) is 0. The number of nitriles is 1. The van der Waals surface area contributed by atoms with Crippen molar-refractivity contribution in [3.63, 3.8) is 0 Å². The Kier molecular flexibility index (Phi) is 5.32. The van der Waals surface area contributed by atoms with E-state index in [2.05, 4.69) is 16.3 Å². The molecule has 1 saturated heterocycles. The van der Waals surface area contributed by atoms with Crippen molar-refractivity contribution in [3.8, 4) is 6.07 Å². The number of hydrogen-bond donors (Lipinski definition) is 1. The molecule has 0 atom stereocenters. The molecule has 0 aromatic heterocycles. The highest BCUT2D eigenvalue weighted by molar-refractivity contribution is 6.35. The molecule has 7 heteroatoms. The first-order valence-corrected chi connectivity index (χ1v) is 8.58. The lowest BCUT2D eigenvalue weighted by Crippen LogP contribution is -2.50. The van der Waals surface area contributed by atoms with Crippen molar-refractivity contribution >= 4 is 40.6 Å². The van der Waals surface area contributed by atoms with E-state index >= 15 is 0 Å². The predicted molar refractivity (Wildman–Crippen MR) is 100 cm³/mol. The summed E-state index contributed by atoms with van der Waals surface area (Å²) in [4.78, 5) is 16.3. The number of amides is 2. The fourth-order valence-corrected chi connectivity index (χ4v) is 3.11. The fraction of sp³-hybridized carbons (Fsp3) is 0.222. The predicted octanol–water partition coefficient (Wildman–Crippen LogP) is 4.22. The quantitative estimate of drug-likeness (QED) is 0.855. The van der Waals surface area contributed by atoms with E-state index in [-0.39, 0.29) is 6.03 Å². The highest BCUT2D eigenvalue weighted by Crippen LogP contribution is 2.29. The summed E-state index contributed by atoms with van der Waals surface area (Å²) in [5, 5.41) is 12.9. The topological polar surface area (TPSA) is 59.4 Å². The van der Waals surface area contributed by atoms with Gasteiger partial charge in [0, 0.05) is 36.9 Å². The zero-order valence-electron chi connectivity index (χ0n) is 13.4. The Morgan fingerprint density at radius 2 is 1.72 bits per heavy atom. The lowest BCUT2D eigenvalue weighted by atomic mass is 10.2. The summed E-state index contributed by atoms with van der Waals surface area (Å²) in [5.41, 5.74) is 2.12. The molecule has 0 aliphatic carbocycles. The summed E-state index contributed by atoms with van der Waals surface area (Å²) in [6.45, 7) is 2.54. The second-order valence-corrected chi connectivity index (χ2v) is 6.53. The SMILES string of the molecule is N#Cc1ccc(NC(=O)N2CCN(c3cc(Cl)ccc3Cl)CC2)cc1. The van der Waals surface area contributed by atoms with Gasteiger partial charge in [0.25, 0.3) is 0 Å². The van der Waals surface area contributed by atoms with E-state index in [9.17, 15) is 4.79 Å². The maximum absolute atomic E-state index is 12.4. The van der Waals surface area contributed by atoms with Crippen LogP contribution in [-0.4, -0.2) is 37.1 Å². The van der Waals surface area contributed by atoms with E-state index in [1.165, 1.54) is 0 Å². The van der Waals surface area contributed by atoms with Crippen LogP contribution in [0.2, 0.25) is 10.0 Å². The number of anilines is 2. The molecule has 0 spiro atoms. The molecule has 0 saturated carbocycles. The monoisotopic (exact) mass is 374 g/mol. The lowest BCUT2D eigenvalue weighted by molar-refractivity contribution is 0.208. The van der Waals surface area contributed by atoms with Gasteiger partial charge in [0.15, 0.2) is 0 Å². The van der Waals surface area contributed by atoms with Crippen molar-refractivity contribution in [1.82, 2.24) is 4.90 Å². The van der Waals surface area contributed by atoms with Gasteiger partial charge < -0.3 is 15.1 Å². The Bertz CT molecular complexity index is 809. The van der Waals surface area contributed by atoms with E-state index in [0.29, 0.717) is 47.5 Å². The normalized spacial score (nSPS) is 14.1. The third-order valence-corrected chi connectivity index (χ3v) is 4.64. The van der Waals surface area contributed by atoms with E-state index < -0.39 is 0 Å². The number of urea groups is 1. The molecule has 2 aromatic rings. The molecule has 1 fully saturated rings. The van der Waals surface area contributed by atoms with Gasteiger partial charge in [-0.1, -0.05) is 23.2 Å². The second-order valence-electron chi connectivity index (χ2n) is 5.69. The molecule has 0 unspecified atom stereocenters. The molecule has 2 amide bonds.